The fourth-order valence-corrected chi connectivity index (χ4v) is 2.64. The van der Waals surface area contributed by atoms with Crippen molar-refractivity contribution in [2.75, 3.05) is 7.05 Å². The Morgan fingerprint density at radius 3 is 2.50 bits per heavy atom. The molecular formula is C12H11F3N2S. The molecule has 6 heteroatoms. The van der Waals surface area contributed by atoms with Gasteiger partial charge < -0.3 is 5.32 Å². The molecule has 2 nitrogen and oxygen atoms in total. The van der Waals surface area contributed by atoms with Crippen molar-refractivity contribution in [3.63, 3.8) is 0 Å². The maximum Gasteiger partial charge on any atom is 0.194 e. The Morgan fingerprint density at radius 2 is 1.94 bits per heavy atom. The van der Waals surface area contributed by atoms with E-state index < -0.39 is 23.5 Å². The Kier molecular flexibility index (Phi) is 3.68. The van der Waals surface area contributed by atoms with E-state index in [4.69, 9.17) is 0 Å². The molecular weight excluding hydrogens is 261 g/mol. The molecule has 0 amide bonds. The van der Waals surface area contributed by atoms with Crippen LogP contribution in [0.1, 0.15) is 21.5 Å². The van der Waals surface area contributed by atoms with Gasteiger partial charge in [0.2, 0.25) is 0 Å². The highest BCUT2D eigenvalue weighted by Crippen LogP contribution is 2.29. The van der Waals surface area contributed by atoms with Gasteiger partial charge in [-0.25, -0.2) is 18.2 Å². The van der Waals surface area contributed by atoms with Gasteiger partial charge in [0.1, 0.15) is 0 Å². The highest BCUT2D eigenvalue weighted by molar-refractivity contribution is 7.11. The maximum absolute atomic E-state index is 13.7. The third-order valence-electron chi connectivity index (χ3n) is 2.59. The lowest BCUT2D eigenvalue weighted by molar-refractivity contribution is 0.435. The molecule has 0 aliphatic heterocycles. The standard InChI is InChI=1S/C12H11F3N2S/c1-6-17-5-9(18-6)12(16-2)7-3-4-8(13)11(15)10(7)14/h3-5,12,16H,1-2H3. The van der Waals surface area contributed by atoms with Crippen LogP contribution in [0, 0.1) is 24.4 Å². The Labute approximate surface area is 106 Å². The minimum absolute atomic E-state index is 0.0695. The summed E-state index contributed by atoms with van der Waals surface area (Å²) in [7, 11) is 1.63. The van der Waals surface area contributed by atoms with Crippen LogP contribution in [-0.2, 0) is 0 Å². The molecule has 1 heterocycles. The second-order valence-electron chi connectivity index (χ2n) is 3.77. The van der Waals surface area contributed by atoms with Gasteiger partial charge in [0.15, 0.2) is 17.5 Å². The summed E-state index contributed by atoms with van der Waals surface area (Å²) in [5, 5.41) is 3.70. The lowest BCUT2D eigenvalue weighted by Gasteiger charge is -2.15. The van der Waals surface area contributed by atoms with Gasteiger partial charge in [-0.2, -0.15) is 0 Å². The van der Waals surface area contributed by atoms with Gasteiger partial charge in [-0.05, 0) is 20.0 Å². The van der Waals surface area contributed by atoms with E-state index in [9.17, 15) is 13.2 Å². The second kappa shape index (κ2) is 5.07. The van der Waals surface area contributed by atoms with Crippen LogP contribution in [-0.4, -0.2) is 12.0 Å². The number of nitrogens with zero attached hydrogens (tertiary/aromatic N) is 1. The van der Waals surface area contributed by atoms with Crippen LogP contribution in [0.5, 0.6) is 0 Å². The topological polar surface area (TPSA) is 24.9 Å². The Hall–Kier alpha value is -1.40. The average Bonchev–Trinajstić information content (AvgIpc) is 2.77. The first kappa shape index (κ1) is 13.0. The molecule has 0 radical (unpaired) electrons. The molecule has 2 rings (SSSR count). The summed E-state index contributed by atoms with van der Waals surface area (Å²) >= 11 is 1.38. The maximum atomic E-state index is 13.7. The number of aromatic nitrogens is 1. The third kappa shape index (κ3) is 2.26. The van der Waals surface area contributed by atoms with E-state index in [-0.39, 0.29) is 5.56 Å². The molecule has 1 atom stereocenters. The van der Waals surface area contributed by atoms with Crippen LogP contribution in [0.2, 0.25) is 0 Å². The van der Waals surface area contributed by atoms with Crippen molar-refractivity contribution in [1.29, 1.82) is 0 Å². The summed E-state index contributed by atoms with van der Waals surface area (Å²) in [6.07, 6.45) is 1.60. The largest absolute Gasteiger partial charge is 0.309 e. The van der Waals surface area contributed by atoms with Crippen LogP contribution < -0.4 is 5.32 Å². The number of nitrogens with one attached hydrogen (secondary N) is 1. The lowest BCUT2D eigenvalue weighted by atomic mass is 10.0. The van der Waals surface area contributed by atoms with E-state index in [1.807, 2.05) is 6.92 Å². The summed E-state index contributed by atoms with van der Waals surface area (Å²) in [5.41, 5.74) is 0.0695. The Bertz CT molecular complexity index is 568. The third-order valence-corrected chi connectivity index (χ3v) is 3.57. The number of hydrogen-bond acceptors (Lipinski definition) is 3. The van der Waals surface area contributed by atoms with Gasteiger partial charge in [0, 0.05) is 16.6 Å². The molecule has 1 unspecified atom stereocenters. The smallest absolute Gasteiger partial charge is 0.194 e. The van der Waals surface area contributed by atoms with E-state index >= 15 is 0 Å². The SMILES string of the molecule is CNC(c1cnc(C)s1)c1ccc(F)c(F)c1F. The number of aryl methyl sites for hydroxylation is 1. The molecule has 0 aliphatic rings. The van der Waals surface area contributed by atoms with Crippen molar-refractivity contribution >= 4 is 11.3 Å². The second-order valence-corrected chi connectivity index (χ2v) is 5.03. The van der Waals surface area contributed by atoms with Gasteiger partial charge in [0.25, 0.3) is 0 Å². The highest BCUT2D eigenvalue weighted by Gasteiger charge is 2.22. The minimum Gasteiger partial charge on any atom is -0.309 e. The normalized spacial score (nSPS) is 12.7. The molecule has 0 fully saturated rings. The summed E-state index contributed by atoms with van der Waals surface area (Å²) in [6.45, 7) is 1.82. The molecule has 0 saturated heterocycles. The zero-order chi connectivity index (χ0) is 13.3. The molecule has 0 bridgehead atoms. The van der Waals surface area contributed by atoms with Crippen molar-refractivity contribution in [3.8, 4) is 0 Å². The highest BCUT2D eigenvalue weighted by atomic mass is 32.1. The molecule has 0 saturated carbocycles. The summed E-state index contributed by atoms with van der Waals surface area (Å²) in [5.74, 6) is -3.80. The van der Waals surface area contributed by atoms with Crippen LogP contribution in [0.4, 0.5) is 13.2 Å². The minimum atomic E-state index is -1.45. The van der Waals surface area contributed by atoms with Crippen molar-refractivity contribution < 1.29 is 13.2 Å². The lowest BCUT2D eigenvalue weighted by Crippen LogP contribution is -2.18. The van der Waals surface area contributed by atoms with Crippen LogP contribution >= 0.6 is 11.3 Å². The van der Waals surface area contributed by atoms with Crippen LogP contribution in [0.15, 0.2) is 18.3 Å². The van der Waals surface area contributed by atoms with E-state index in [1.165, 1.54) is 17.4 Å². The van der Waals surface area contributed by atoms with E-state index in [0.717, 1.165) is 16.0 Å². The van der Waals surface area contributed by atoms with Crippen LogP contribution in [0.25, 0.3) is 0 Å². The average molecular weight is 272 g/mol. The molecule has 1 N–H and O–H groups in total. The predicted octanol–water partition coefficient (Wildman–Crippen LogP) is 3.18. The molecule has 96 valence electrons. The Balaban J connectivity index is 2.49. The first-order valence-electron chi connectivity index (χ1n) is 5.27. The molecule has 0 aliphatic carbocycles. The van der Waals surface area contributed by atoms with Crippen LogP contribution in [0.3, 0.4) is 0 Å². The molecule has 1 aromatic carbocycles. The van der Waals surface area contributed by atoms with Gasteiger partial charge in [0.05, 0.1) is 11.0 Å². The fourth-order valence-electron chi connectivity index (χ4n) is 1.73. The molecule has 0 spiro atoms. The fraction of sp³-hybridized carbons (Fsp3) is 0.250. The zero-order valence-corrected chi connectivity index (χ0v) is 10.6. The molecule has 1 aromatic heterocycles. The Morgan fingerprint density at radius 1 is 1.22 bits per heavy atom. The number of hydrogen-bond donors (Lipinski definition) is 1. The van der Waals surface area contributed by atoms with Gasteiger partial charge >= 0.3 is 0 Å². The molecule has 18 heavy (non-hydrogen) atoms. The quantitative estimate of drug-likeness (QED) is 0.868. The van der Waals surface area contributed by atoms with Crippen molar-refractivity contribution in [3.05, 3.63) is 51.2 Å². The first-order valence-corrected chi connectivity index (χ1v) is 6.09. The number of halogens is 3. The summed E-state index contributed by atoms with van der Waals surface area (Å²) in [4.78, 5) is 4.82. The number of rotatable bonds is 3. The number of benzene rings is 1. The first-order chi connectivity index (χ1) is 8.54. The zero-order valence-electron chi connectivity index (χ0n) is 9.80. The van der Waals surface area contributed by atoms with E-state index in [0.29, 0.717) is 0 Å². The van der Waals surface area contributed by atoms with Crippen molar-refractivity contribution in [1.82, 2.24) is 10.3 Å². The van der Waals surface area contributed by atoms with Crippen molar-refractivity contribution in [2.45, 2.75) is 13.0 Å². The monoisotopic (exact) mass is 272 g/mol. The summed E-state index contributed by atoms with van der Waals surface area (Å²) < 4.78 is 39.8. The predicted molar refractivity (Wildman–Crippen MR) is 64.1 cm³/mol. The van der Waals surface area contributed by atoms with Crippen molar-refractivity contribution in [2.24, 2.45) is 0 Å². The van der Waals surface area contributed by atoms with Gasteiger partial charge in [-0.15, -0.1) is 11.3 Å². The van der Waals surface area contributed by atoms with E-state index in [2.05, 4.69) is 10.3 Å². The van der Waals surface area contributed by atoms with Gasteiger partial charge in [-0.1, -0.05) is 6.07 Å². The molecule has 2 aromatic rings. The van der Waals surface area contributed by atoms with E-state index in [1.54, 1.807) is 13.2 Å². The summed E-state index contributed by atoms with van der Waals surface area (Å²) in [6, 6.07) is 1.63. The number of thiazole rings is 1. The van der Waals surface area contributed by atoms with Gasteiger partial charge in [-0.3, -0.25) is 0 Å².